The highest BCUT2D eigenvalue weighted by Gasteiger charge is 2.14. The van der Waals surface area contributed by atoms with Crippen LogP contribution in [0.5, 0.6) is 0 Å². The predicted octanol–water partition coefficient (Wildman–Crippen LogP) is 2.17. The molecule has 0 aliphatic heterocycles. The van der Waals surface area contributed by atoms with E-state index in [0.717, 1.165) is 15.5 Å². The monoisotopic (exact) mass is 213 g/mol. The lowest BCUT2D eigenvalue weighted by Crippen LogP contribution is -2.09. The van der Waals surface area contributed by atoms with E-state index in [1.165, 1.54) is 0 Å². The van der Waals surface area contributed by atoms with E-state index in [9.17, 15) is 0 Å². The van der Waals surface area contributed by atoms with E-state index in [1.807, 2.05) is 11.4 Å². The first-order valence-corrected chi connectivity index (χ1v) is 5.02. The van der Waals surface area contributed by atoms with Crippen molar-refractivity contribution >= 4 is 22.9 Å². The number of nitrogens with two attached hydrogens (primary N) is 1. The molecule has 0 bridgehead atoms. The lowest BCUT2D eigenvalue weighted by molar-refractivity contribution is 0.895. The van der Waals surface area contributed by atoms with Crippen LogP contribution in [-0.2, 0) is 0 Å². The van der Waals surface area contributed by atoms with Crippen molar-refractivity contribution in [1.29, 1.82) is 0 Å². The Hall–Kier alpha value is -0.840. The summed E-state index contributed by atoms with van der Waals surface area (Å²) >= 11 is 7.51. The standard InChI is InChI=1S/C8H8ClN3S/c9-6-1-2-13-8(6)7(10)5-3-11-12-4-5/h1-4,7H,10H2,(H,11,12). The molecule has 1 atom stereocenters. The van der Waals surface area contributed by atoms with Gasteiger partial charge in [0.2, 0.25) is 0 Å². The zero-order valence-corrected chi connectivity index (χ0v) is 8.27. The molecule has 13 heavy (non-hydrogen) atoms. The van der Waals surface area contributed by atoms with Crippen LogP contribution >= 0.6 is 22.9 Å². The summed E-state index contributed by atoms with van der Waals surface area (Å²) in [6, 6.07) is 1.67. The Bertz CT molecular complexity index is 382. The Morgan fingerprint density at radius 1 is 1.62 bits per heavy atom. The molecule has 2 rings (SSSR count). The average molecular weight is 214 g/mol. The molecule has 2 heterocycles. The molecular weight excluding hydrogens is 206 g/mol. The third kappa shape index (κ3) is 1.60. The molecular formula is C8H8ClN3S. The lowest BCUT2D eigenvalue weighted by Gasteiger charge is -2.06. The zero-order valence-electron chi connectivity index (χ0n) is 6.70. The largest absolute Gasteiger partial charge is 0.319 e. The summed E-state index contributed by atoms with van der Waals surface area (Å²) in [6.07, 6.45) is 3.49. The predicted molar refractivity (Wildman–Crippen MR) is 53.9 cm³/mol. The van der Waals surface area contributed by atoms with Crippen molar-refractivity contribution in [1.82, 2.24) is 10.2 Å². The molecule has 0 saturated heterocycles. The molecule has 0 aromatic carbocycles. The number of rotatable bonds is 2. The van der Waals surface area contributed by atoms with E-state index in [0.29, 0.717) is 0 Å². The van der Waals surface area contributed by atoms with Crippen molar-refractivity contribution in [2.45, 2.75) is 6.04 Å². The quantitative estimate of drug-likeness (QED) is 0.804. The van der Waals surface area contributed by atoms with Crippen LogP contribution in [0.2, 0.25) is 5.02 Å². The third-order valence-corrected chi connectivity index (χ3v) is 3.25. The first-order chi connectivity index (χ1) is 6.29. The minimum Gasteiger partial charge on any atom is -0.319 e. The number of aromatic amines is 1. The van der Waals surface area contributed by atoms with Crippen LogP contribution in [-0.4, -0.2) is 10.2 Å². The second-order valence-corrected chi connectivity index (χ2v) is 4.00. The van der Waals surface area contributed by atoms with Gasteiger partial charge in [0.1, 0.15) is 0 Å². The van der Waals surface area contributed by atoms with E-state index in [4.69, 9.17) is 17.3 Å². The van der Waals surface area contributed by atoms with Crippen LogP contribution < -0.4 is 5.73 Å². The SMILES string of the molecule is NC(c1cn[nH]c1)c1sccc1Cl. The van der Waals surface area contributed by atoms with Crippen molar-refractivity contribution in [3.05, 3.63) is 39.3 Å². The third-order valence-electron chi connectivity index (χ3n) is 1.81. The Balaban J connectivity index is 2.33. The van der Waals surface area contributed by atoms with Gasteiger partial charge in [0.15, 0.2) is 0 Å². The Morgan fingerprint density at radius 3 is 3.00 bits per heavy atom. The molecule has 2 aromatic heterocycles. The molecule has 0 amide bonds. The van der Waals surface area contributed by atoms with E-state index < -0.39 is 0 Å². The van der Waals surface area contributed by atoms with Gasteiger partial charge in [0.25, 0.3) is 0 Å². The minimum absolute atomic E-state index is 0.175. The van der Waals surface area contributed by atoms with Crippen LogP contribution in [0.25, 0.3) is 0 Å². The molecule has 1 unspecified atom stereocenters. The van der Waals surface area contributed by atoms with Gasteiger partial charge in [-0.1, -0.05) is 11.6 Å². The fourth-order valence-corrected chi connectivity index (χ4v) is 2.31. The van der Waals surface area contributed by atoms with E-state index in [-0.39, 0.29) is 6.04 Å². The number of nitrogens with one attached hydrogen (secondary N) is 1. The van der Waals surface area contributed by atoms with Gasteiger partial charge < -0.3 is 5.73 Å². The van der Waals surface area contributed by atoms with Gasteiger partial charge in [0, 0.05) is 16.6 Å². The summed E-state index contributed by atoms with van der Waals surface area (Å²) in [7, 11) is 0. The number of aromatic nitrogens is 2. The van der Waals surface area contributed by atoms with Gasteiger partial charge in [0.05, 0.1) is 17.3 Å². The van der Waals surface area contributed by atoms with Crippen molar-refractivity contribution in [2.24, 2.45) is 5.73 Å². The number of hydrogen-bond acceptors (Lipinski definition) is 3. The summed E-state index contributed by atoms with van der Waals surface area (Å²) in [5.41, 5.74) is 6.92. The molecule has 0 saturated carbocycles. The number of hydrogen-bond donors (Lipinski definition) is 2. The van der Waals surface area contributed by atoms with Crippen LogP contribution in [0.1, 0.15) is 16.5 Å². The normalized spacial score (nSPS) is 13.1. The average Bonchev–Trinajstić information content (AvgIpc) is 2.72. The van der Waals surface area contributed by atoms with Crippen LogP contribution in [0, 0.1) is 0 Å². The maximum absolute atomic E-state index is 5.97. The van der Waals surface area contributed by atoms with Crippen molar-refractivity contribution in [3.8, 4) is 0 Å². The molecule has 2 aromatic rings. The lowest BCUT2D eigenvalue weighted by atomic mass is 10.1. The number of nitrogens with zero attached hydrogens (tertiary/aromatic N) is 1. The zero-order chi connectivity index (χ0) is 9.26. The minimum atomic E-state index is -0.175. The van der Waals surface area contributed by atoms with Crippen molar-refractivity contribution in [2.75, 3.05) is 0 Å². The molecule has 0 aliphatic carbocycles. The molecule has 0 fully saturated rings. The maximum atomic E-state index is 5.97. The van der Waals surface area contributed by atoms with Gasteiger partial charge in [-0.3, -0.25) is 5.10 Å². The highest BCUT2D eigenvalue weighted by Crippen LogP contribution is 2.30. The number of H-pyrrole nitrogens is 1. The number of halogens is 1. The Kier molecular flexibility index (Phi) is 2.35. The first kappa shape index (κ1) is 8.74. The van der Waals surface area contributed by atoms with Crippen molar-refractivity contribution in [3.63, 3.8) is 0 Å². The van der Waals surface area contributed by atoms with Crippen LogP contribution in [0.4, 0.5) is 0 Å². The Labute approximate surface area is 84.5 Å². The van der Waals surface area contributed by atoms with Gasteiger partial charge in [-0.15, -0.1) is 11.3 Å². The summed E-state index contributed by atoms with van der Waals surface area (Å²) in [5, 5.41) is 9.21. The fourth-order valence-electron chi connectivity index (χ4n) is 1.11. The Morgan fingerprint density at radius 2 is 2.46 bits per heavy atom. The molecule has 0 spiro atoms. The molecule has 3 nitrogen and oxygen atoms in total. The molecule has 68 valence electrons. The highest BCUT2D eigenvalue weighted by atomic mass is 35.5. The second-order valence-electron chi connectivity index (χ2n) is 2.64. The van der Waals surface area contributed by atoms with Crippen LogP contribution in [0.3, 0.4) is 0 Å². The summed E-state index contributed by atoms with van der Waals surface area (Å²) in [5.74, 6) is 0. The second kappa shape index (κ2) is 3.49. The van der Waals surface area contributed by atoms with Crippen LogP contribution in [0.15, 0.2) is 23.8 Å². The van der Waals surface area contributed by atoms with Crippen molar-refractivity contribution < 1.29 is 0 Å². The summed E-state index contributed by atoms with van der Waals surface area (Å²) in [6.45, 7) is 0. The number of thiophene rings is 1. The molecule has 5 heteroatoms. The molecule has 0 radical (unpaired) electrons. The van der Waals surface area contributed by atoms with Gasteiger partial charge in [-0.2, -0.15) is 5.10 Å². The first-order valence-electron chi connectivity index (χ1n) is 3.76. The molecule has 3 N–H and O–H groups in total. The molecule has 0 aliphatic rings. The highest BCUT2D eigenvalue weighted by molar-refractivity contribution is 7.10. The van der Waals surface area contributed by atoms with E-state index in [1.54, 1.807) is 23.7 Å². The van der Waals surface area contributed by atoms with Gasteiger partial charge in [-0.05, 0) is 11.4 Å². The van der Waals surface area contributed by atoms with E-state index >= 15 is 0 Å². The van der Waals surface area contributed by atoms with Gasteiger partial charge in [-0.25, -0.2) is 0 Å². The maximum Gasteiger partial charge on any atom is 0.0692 e. The topological polar surface area (TPSA) is 54.7 Å². The van der Waals surface area contributed by atoms with Gasteiger partial charge >= 0.3 is 0 Å². The summed E-state index contributed by atoms with van der Waals surface area (Å²) in [4.78, 5) is 0.975. The fraction of sp³-hybridized carbons (Fsp3) is 0.125. The summed E-state index contributed by atoms with van der Waals surface area (Å²) < 4.78 is 0. The smallest absolute Gasteiger partial charge is 0.0692 e. The van der Waals surface area contributed by atoms with E-state index in [2.05, 4.69) is 10.2 Å².